The van der Waals surface area contributed by atoms with Gasteiger partial charge < -0.3 is 10.2 Å². The summed E-state index contributed by atoms with van der Waals surface area (Å²) in [5, 5.41) is 4.26. The fourth-order valence-electron chi connectivity index (χ4n) is 3.26. The van der Waals surface area contributed by atoms with Crippen molar-refractivity contribution in [2.24, 2.45) is 5.92 Å². The number of urea groups is 1. The van der Waals surface area contributed by atoms with Crippen LogP contribution in [-0.4, -0.2) is 44.1 Å². The van der Waals surface area contributed by atoms with E-state index in [4.69, 9.17) is 11.6 Å². The predicted molar refractivity (Wildman–Crippen MR) is 106 cm³/mol. The van der Waals surface area contributed by atoms with E-state index in [1.165, 1.54) is 11.0 Å². The van der Waals surface area contributed by atoms with Gasteiger partial charge in [-0.2, -0.15) is 0 Å². The number of carbonyl (C=O) groups excluding carboxylic acids is 1. The van der Waals surface area contributed by atoms with E-state index in [2.05, 4.69) is 5.32 Å². The van der Waals surface area contributed by atoms with Crippen molar-refractivity contribution >= 4 is 27.5 Å². The van der Waals surface area contributed by atoms with Crippen molar-refractivity contribution in [3.05, 3.63) is 46.3 Å². The Morgan fingerprint density at radius 1 is 1.36 bits per heavy atom. The molecule has 1 aromatic carbocycles. The van der Waals surface area contributed by atoms with Crippen LogP contribution in [0, 0.1) is 5.92 Å². The minimum absolute atomic E-state index is 0.131. The molecular formula is C19H25ClF2N2O3S. The predicted octanol–water partition coefficient (Wildman–Crippen LogP) is 4.40. The lowest BCUT2D eigenvalue weighted by atomic mass is 9.84. The fourth-order valence-corrected chi connectivity index (χ4v) is 3.90. The first-order chi connectivity index (χ1) is 12.9. The number of likely N-dealkylation sites (tertiary alicyclic amines) is 1. The average Bonchev–Trinajstić information content (AvgIpc) is 2.59. The van der Waals surface area contributed by atoms with E-state index in [-0.39, 0.29) is 19.4 Å². The topological polar surface area (TPSA) is 66.5 Å². The lowest BCUT2D eigenvalue weighted by Crippen LogP contribution is -2.50. The van der Waals surface area contributed by atoms with Crippen LogP contribution in [0.5, 0.6) is 0 Å². The maximum atomic E-state index is 13.9. The molecule has 1 aromatic rings. The Balaban J connectivity index is 2.21. The van der Waals surface area contributed by atoms with Gasteiger partial charge in [-0.15, -0.1) is 0 Å². The standard InChI is InChI=1S/C19H25ClF2N2O3S/c1-13(9-11-28(3,26)27)23-18(25)24-10-8-15(19(2,21)22)12-17(24)14-4-6-16(20)7-5-14/h4-7,9,11,13,15,17H,8,10,12H2,1-3H3,(H,23,25)/b11-9+/t13?,15-,17+/m0/s1. The molecule has 1 aliphatic heterocycles. The first kappa shape index (κ1) is 22.6. The van der Waals surface area contributed by atoms with Crippen LogP contribution in [0.4, 0.5) is 13.6 Å². The van der Waals surface area contributed by atoms with Crippen molar-refractivity contribution in [1.29, 1.82) is 0 Å². The normalized spacial score (nSPS) is 22.3. The minimum Gasteiger partial charge on any atom is -0.332 e. The van der Waals surface area contributed by atoms with Crippen molar-refractivity contribution in [3.63, 3.8) is 0 Å². The number of rotatable bonds is 5. The summed E-state index contributed by atoms with van der Waals surface area (Å²) in [6, 6.07) is 5.32. The highest BCUT2D eigenvalue weighted by molar-refractivity contribution is 7.93. The van der Waals surface area contributed by atoms with Gasteiger partial charge in [0.2, 0.25) is 5.92 Å². The molecule has 28 heavy (non-hydrogen) atoms. The molecule has 0 bridgehead atoms. The molecule has 0 spiro atoms. The van der Waals surface area contributed by atoms with E-state index in [1.807, 2.05) is 0 Å². The summed E-state index contributed by atoms with van der Waals surface area (Å²) in [7, 11) is -3.30. The minimum atomic E-state index is -3.30. The molecule has 0 aliphatic carbocycles. The van der Waals surface area contributed by atoms with Gasteiger partial charge in [-0.1, -0.05) is 29.8 Å². The number of hydrogen-bond donors (Lipinski definition) is 1. The van der Waals surface area contributed by atoms with Crippen LogP contribution in [0.3, 0.4) is 0 Å². The molecule has 1 saturated heterocycles. The Morgan fingerprint density at radius 3 is 2.50 bits per heavy atom. The third-order valence-electron chi connectivity index (χ3n) is 4.80. The number of carbonyl (C=O) groups is 1. The number of nitrogens with zero attached hydrogens (tertiary/aromatic N) is 1. The number of halogens is 3. The van der Waals surface area contributed by atoms with Gasteiger partial charge in [-0.25, -0.2) is 22.0 Å². The highest BCUT2D eigenvalue weighted by Crippen LogP contribution is 2.41. The van der Waals surface area contributed by atoms with Gasteiger partial charge in [0.15, 0.2) is 9.84 Å². The number of benzene rings is 1. The van der Waals surface area contributed by atoms with Crippen molar-refractivity contribution < 1.29 is 22.0 Å². The van der Waals surface area contributed by atoms with Crippen LogP contribution in [0.2, 0.25) is 5.02 Å². The van der Waals surface area contributed by atoms with E-state index < -0.39 is 39.8 Å². The van der Waals surface area contributed by atoms with Crippen LogP contribution < -0.4 is 5.32 Å². The molecule has 1 heterocycles. The third-order valence-corrected chi connectivity index (χ3v) is 5.70. The smallest absolute Gasteiger partial charge is 0.318 e. The summed E-state index contributed by atoms with van der Waals surface area (Å²) in [6.07, 6.45) is 2.75. The van der Waals surface area contributed by atoms with E-state index in [0.717, 1.165) is 24.2 Å². The second-order valence-corrected chi connectivity index (χ2v) is 9.70. The van der Waals surface area contributed by atoms with Crippen molar-refractivity contribution in [2.75, 3.05) is 12.8 Å². The van der Waals surface area contributed by atoms with Crippen LogP contribution in [0.1, 0.15) is 38.3 Å². The number of sulfone groups is 1. The molecule has 156 valence electrons. The van der Waals surface area contributed by atoms with Gasteiger partial charge in [-0.05, 0) is 44.4 Å². The van der Waals surface area contributed by atoms with E-state index in [1.54, 1.807) is 31.2 Å². The SMILES string of the molecule is CC(/C=C/S(C)(=O)=O)NC(=O)N1CC[C@H](C(C)(F)F)C[C@@H]1c1ccc(Cl)cc1. The quantitative estimate of drug-likeness (QED) is 0.746. The molecule has 1 aliphatic rings. The van der Waals surface area contributed by atoms with Crippen molar-refractivity contribution in [1.82, 2.24) is 10.2 Å². The summed E-state index contributed by atoms with van der Waals surface area (Å²) in [5.74, 6) is -3.67. The molecule has 0 radical (unpaired) electrons. The molecule has 0 saturated carbocycles. The van der Waals surface area contributed by atoms with Crippen LogP contribution in [0.25, 0.3) is 0 Å². The van der Waals surface area contributed by atoms with Gasteiger partial charge in [-0.3, -0.25) is 0 Å². The first-order valence-corrected chi connectivity index (χ1v) is 11.3. The van der Waals surface area contributed by atoms with Crippen molar-refractivity contribution in [2.45, 2.75) is 44.7 Å². The number of amides is 2. The Morgan fingerprint density at radius 2 is 1.96 bits per heavy atom. The lowest BCUT2D eigenvalue weighted by Gasteiger charge is -2.41. The second-order valence-electron chi connectivity index (χ2n) is 7.33. The highest BCUT2D eigenvalue weighted by atomic mass is 35.5. The molecular weight excluding hydrogens is 410 g/mol. The number of hydrogen-bond acceptors (Lipinski definition) is 3. The van der Waals surface area contributed by atoms with Gasteiger partial charge in [0.05, 0.1) is 6.04 Å². The molecule has 1 N–H and O–H groups in total. The average molecular weight is 435 g/mol. The Labute approximate surface area is 169 Å². The third kappa shape index (κ3) is 6.44. The molecule has 5 nitrogen and oxygen atoms in total. The summed E-state index contributed by atoms with van der Waals surface area (Å²) in [6.45, 7) is 2.73. The molecule has 1 fully saturated rings. The summed E-state index contributed by atoms with van der Waals surface area (Å²) in [5.41, 5.74) is 0.729. The fraction of sp³-hybridized carbons (Fsp3) is 0.526. The first-order valence-electron chi connectivity index (χ1n) is 8.95. The Kier molecular flexibility index (Phi) is 7.09. The monoisotopic (exact) mass is 434 g/mol. The second kappa shape index (κ2) is 8.78. The highest BCUT2D eigenvalue weighted by Gasteiger charge is 2.42. The van der Waals surface area contributed by atoms with Crippen molar-refractivity contribution in [3.8, 4) is 0 Å². The lowest BCUT2D eigenvalue weighted by molar-refractivity contribution is -0.0686. The summed E-state index contributed by atoms with van der Waals surface area (Å²) < 4.78 is 50.3. The summed E-state index contributed by atoms with van der Waals surface area (Å²) in [4.78, 5) is 14.3. The summed E-state index contributed by atoms with van der Waals surface area (Å²) >= 11 is 5.92. The molecule has 9 heteroatoms. The maximum Gasteiger partial charge on any atom is 0.318 e. The van der Waals surface area contributed by atoms with Gasteiger partial charge in [0.25, 0.3) is 0 Å². The van der Waals surface area contributed by atoms with E-state index >= 15 is 0 Å². The van der Waals surface area contributed by atoms with Crippen LogP contribution in [-0.2, 0) is 9.84 Å². The molecule has 3 atom stereocenters. The van der Waals surface area contributed by atoms with Crippen LogP contribution in [0.15, 0.2) is 35.7 Å². The Hall–Kier alpha value is -1.67. The van der Waals surface area contributed by atoms with E-state index in [9.17, 15) is 22.0 Å². The number of piperidine rings is 1. The zero-order chi connectivity index (χ0) is 21.1. The Bertz CT molecular complexity index is 823. The largest absolute Gasteiger partial charge is 0.332 e. The molecule has 2 rings (SSSR count). The zero-order valence-electron chi connectivity index (χ0n) is 16.0. The van der Waals surface area contributed by atoms with E-state index in [0.29, 0.717) is 5.02 Å². The molecule has 1 unspecified atom stereocenters. The maximum absolute atomic E-state index is 13.9. The van der Waals surface area contributed by atoms with Gasteiger partial charge >= 0.3 is 6.03 Å². The number of alkyl halides is 2. The molecule has 0 aromatic heterocycles. The van der Waals surface area contributed by atoms with Crippen LogP contribution >= 0.6 is 11.6 Å². The zero-order valence-corrected chi connectivity index (χ0v) is 17.6. The molecule has 2 amide bonds. The van der Waals surface area contributed by atoms with Gasteiger partial charge in [0.1, 0.15) is 0 Å². The number of nitrogens with one attached hydrogen (secondary N) is 1. The van der Waals surface area contributed by atoms with Gasteiger partial charge in [0, 0.05) is 35.2 Å².